The van der Waals surface area contributed by atoms with Gasteiger partial charge in [0.2, 0.25) is 5.91 Å². The highest BCUT2D eigenvalue weighted by Gasteiger charge is 2.34. The minimum atomic E-state index is 0. The van der Waals surface area contributed by atoms with Gasteiger partial charge in [-0.05, 0) is 31.6 Å². The summed E-state index contributed by atoms with van der Waals surface area (Å²) in [6, 6.07) is 0.234. The minimum absolute atomic E-state index is 0. The molecule has 1 amide bonds. The molecule has 106 valence electrons. The lowest BCUT2D eigenvalue weighted by molar-refractivity contribution is -0.144. The van der Waals surface area contributed by atoms with Gasteiger partial charge in [-0.2, -0.15) is 0 Å². The molecule has 18 heavy (non-hydrogen) atoms. The van der Waals surface area contributed by atoms with Crippen LogP contribution in [0.3, 0.4) is 0 Å². The summed E-state index contributed by atoms with van der Waals surface area (Å²) in [4.78, 5) is 14.5. The number of hydrogen-bond donors (Lipinski definition) is 1. The zero-order valence-corrected chi connectivity index (χ0v) is 12.0. The average molecular weight is 277 g/mol. The topological polar surface area (TPSA) is 55.6 Å². The van der Waals surface area contributed by atoms with Crippen molar-refractivity contribution in [3.8, 4) is 0 Å². The third kappa shape index (κ3) is 3.37. The van der Waals surface area contributed by atoms with Crippen LogP contribution in [0.2, 0.25) is 0 Å². The van der Waals surface area contributed by atoms with Crippen molar-refractivity contribution in [1.29, 1.82) is 0 Å². The van der Waals surface area contributed by atoms with Gasteiger partial charge in [-0.15, -0.1) is 12.4 Å². The highest BCUT2D eigenvalue weighted by molar-refractivity contribution is 5.85. The summed E-state index contributed by atoms with van der Waals surface area (Å²) in [5.41, 5.74) is 5.83. The number of likely N-dealkylation sites (tertiary alicyclic amines) is 1. The van der Waals surface area contributed by atoms with E-state index in [1.807, 2.05) is 4.90 Å². The van der Waals surface area contributed by atoms with E-state index in [0.717, 1.165) is 32.4 Å². The van der Waals surface area contributed by atoms with Crippen molar-refractivity contribution in [3.05, 3.63) is 0 Å². The summed E-state index contributed by atoms with van der Waals surface area (Å²) in [6.07, 6.45) is 4.28. The van der Waals surface area contributed by atoms with Gasteiger partial charge in [-0.3, -0.25) is 4.79 Å². The number of piperidine rings is 1. The molecule has 2 aliphatic rings. The molecule has 3 unspecified atom stereocenters. The van der Waals surface area contributed by atoms with Crippen LogP contribution in [0.5, 0.6) is 0 Å². The SMILES string of the molecule is CC1CCCN(C(=O)C2CCCOC2)C1CN.Cl. The lowest BCUT2D eigenvalue weighted by Gasteiger charge is -2.41. The molecule has 2 N–H and O–H groups in total. The Morgan fingerprint density at radius 2 is 2.17 bits per heavy atom. The van der Waals surface area contributed by atoms with E-state index >= 15 is 0 Å². The molecule has 0 aromatic carbocycles. The van der Waals surface area contributed by atoms with Crippen molar-refractivity contribution in [1.82, 2.24) is 4.90 Å². The average Bonchev–Trinajstić information content (AvgIpc) is 2.38. The molecule has 2 rings (SSSR count). The highest BCUT2D eigenvalue weighted by Crippen LogP contribution is 2.26. The lowest BCUT2D eigenvalue weighted by atomic mass is 9.89. The number of rotatable bonds is 2. The molecule has 0 aromatic heterocycles. The van der Waals surface area contributed by atoms with Crippen molar-refractivity contribution < 1.29 is 9.53 Å². The van der Waals surface area contributed by atoms with Crippen molar-refractivity contribution in [2.75, 3.05) is 26.3 Å². The number of ether oxygens (including phenoxy) is 1. The lowest BCUT2D eigenvalue weighted by Crippen LogP contribution is -2.53. The molecule has 0 spiro atoms. The van der Waals surface area contributed by atoms with Crippen LogP contribution in [0.1, 0.15) is 32.6 Å². The number of carbonyl (C=O) groups is 1. The van der Waals surface area contributed by atoms with E-state index in [9.17, 15) is 4.79 Å². The maximum absolute atomic E-state index is 12.5. The largest absolute Gasteiger partial charge is 0.381 e. The van der Waals surface area contributed by atoms with Crippen molar-refractivity contribution >= 4 is 18.3 Å². The number of halogens is 1. The van der Waals surface area contributed by atoms with Gasteiger partial charge >= 0.3 is 0 Å². The molecule has 0 aliphatic carbocycles. The number of nitrogens with zero attached hydrogens (tertiary/aromatic N) is 1. The molecular weight excluding hydrogens is 252 g/mol. The fraction of sp³-hybridized carbons (Fsp3) is 0.923. The zero-order valence-electron chi connectivity index (χ0n) is 11.1. The second-order valence-corrected chi connectivity index (χ2v) is 5.37. The monoisotopic (exact) mass is 276 g/mol. The van der Waals surface area contributed by atoms with Crippen LogP contribution in [0.4, 0.5) is 0 Å². The Labute approximate surface area is 116 Å². The van der Waals surface area contributed by atoms with Crippen molar-refractivity contribution in [3.63, 3.8) is 0 Å². The Kier molecular flexibility index (Phi) is 6.39. The smallest absolute Gasteiger partial charge is 0.228 e. The Morgan fingerprint density at radius 1 is 1.39 bits per heavy atom. The van der Waals surface area contributed by atoms with Crippen LogP contribution < -0.4 is 5.73 Å². The molecule has 0 saturated carbocycles. The Balaban J connectivity index is 0.00000162. The summed E-state index contributed by atoms with van der Waals surface area (Å²) in [7, 11) is 0. The van der Waals surface area contributed by atoms with Gasteiger partial charge < -0.3 is 15.4 Å². The predicted octanol–water partition coefficient (Wildman–Crippen LogP) is 1.42. The Hall–Kier alpha value is -0.320. The van der Waals surface area contributed by atoms with Crippen LogP contribution in [0.15, 0.2) is 0 Å². The molecule has 0 aromatic rings. The first-order valence-electron chi connectivity index (χ1n) is 6.82. The number of carbonyl (C=O) groups excluding carboxylic acids is 1. The molecule has 2 fully saturated rings. The van der Waals surface area contributed by atoms with Gasteiger partial charge in [0.25, 0.3) is 0 Å². The van der Waals surface area contributed by atoms with Crippen LogP contribution >= 0.6 is 12.4 Å². The number of amides is 1. The molecule has 5 heteroatoms. The summed E-state index contributed by atoms with van der Waals surface area (Å²) in [6.45, 7) is 5.07. The van der Waals surface area contributed by atoms with Crippen LogP contribution in [0.25, 0.3) is 0 Å². The zero-order chi connectivity index (χ0) is 12.3. The van der Waals surface area contributed by atoms with Gasteiger partial charge in [0, 0.05) is 25.7 Å². The summed E-state index contributed by atoms with van der Waals surface area (Å²) in [5, 5.41) is 0. The Morgan fingerprint density at radius 3 is 2.78 bits per heavy atom. The predicted molar refractivity (Wildman–Crippen MR) is 73.7 cm³/mol. The number of hydrogen-bond acceptors (Lipinski definition) is 3. The number of nitrogens with two attached hydrogens (primary N) is 1. The van der Waals surface area contributed by atoms with Crippen molar-refractivity contribution in [2.45, 2.75) is 38.6 Å². The maximum atomic E-state index is 12.5. The van der Waals surface area contributed by atoms with E-state index in [0.29, 0.717) is 19.1 Å². The van der Waals surface area contributed by atoms with Crippen LogP contribution in [-0.4, -0.2) is 43.2 Å². The van der Waals surface area contributed by atoms with E-state index < -0.39 is 0 Å². The van der Waals surface area contributed by atoms with E-state index in [2.05, 4.69) is 6.92 Å². The van der Waals surface area contributed by atoms with Gasteiger partial charge in [-0.25, -0.2) is 0 Å². The minimum Gasteiger partial charge on any atom is -0.381 e. The molecule has 2 saturated heterocycles. The van der Waals surface area contributed by atoms with Gasteiger partial charge in [-0.1, -0.05) is 6.92 Å². The Bertz CT molecular complexity index is 270. The fourth-order valence-corrected chi connectivity index (χ4v) is 3.05. The van der Waals surface area contributed by atoms with Crippen LogP contribution in [-0.2, 0) is 9.53 Å². The summed E-state index contributed by atoms with van der Waals surface area (Å²) >= 11 is 0. The molecule has 3 atom stereocenters. The standard InChI is InChI=1S/C13H24N2O2.ClH/c1-10-4-2-6-15(12(10)8-14)13(16)11-5-3-7-17-9-11;/h10-12H,2-9,14H2,1H3;1H. The normalized spacial score (nSPS) is 32.8. The highest BCUT2D eigenvalue weighted by atomic mass is 35.5. The van der Waals surface area contributed by atoms with Crippen molar-refractivity contribution in [2.24, 2.45) is 17.6 Å². The molecule has 0 radical (unpaired) electrons. The van der Waals surface area contributed by atoms with Gasteiger partial charge in [0.1, 0.15) is 0 Å². The van der Waals surface area contributed by atoms with Gasteiger partial charge in [0.15, 0.2) is 0 Å². The van der Waals surface area contributed by atoms with E-state index in [1.54, 1.807) is 0 Å². The third-order valence-corrected chi connectivity index (χ3v) is 4.15. The molecular formula is C13H25ClN2O2. The maximum Gasteiger partial charge on any atom is 0.228 e. The molecule has 0 bridgehead atoms. The first-order valence-corrected chi connectivity index (χ1v) is 6.82. The summed E-state index contributed by atoms with van der Waals surface area (Å²) < 4.78 is 5.41. The molecule has 2 heterocycles. The third-order valence-electron chi connectivity index (χ3n) is 4.15. The first-order chi connectivity index (χ1) is 8.24. The van der Waals surface area contributed by atoms with Gasteiger partial charge in [0.05, 0.1) is 12.5 Å². The van der Waals surface area contributed by atoms with E-state index in [-0.39, 0.29) is 30.3 Å². The van der Waals surface area contributed by atoms with Crippen LogP contribution in [0, 0.1) is 11.8 Å². The van der Waals surface area contributed by atoms with E-state index in [4.69, 9.17) is 10.5 Å². The summed E-state index contributed by atoms with van der Waals surface area (Å²) in [5.74, 6) is 0.872. The first kappa shape index (κ1) is 15.7. The fourth-order valence-electron chi connectivity index (χ4n) is 3.05. The second-order valence-electron chi connectivity index (χ2n) is 5.37. The molecule has 4 nitrogen and oxygen atoms in total. The quantitative estimate of drug-likeness (QED) is 0.830. The van der Waals surface area contributed by atoms with E-state index in [1.165, 1.54) is 6.42 Å². The second kappa shape index (κ2) is 7.31. The molecule has 2 aliphatic heterocycles.